The molecule has 0 spiro atoms. The molecule has 13 heteroatoms. The normalized spacial score (nSPS) is 16.2. The molecular formula is C37H50N4O9. The Balaban J connectivity index is 1.18. The number of fused-ring (bicyclic) bond motifs is 1. The fraction of sp³-hybridized carbons (Fsp3) is 0.459. The van der Waals surface area contributed by atoms with Gasteiger partial charge in [-0.05, 0) is 41.3 Å². The van der Waals surface area contributed by atoms with E-state index in [1.807, 2.05) is 79.7 Å². The Morgan fingerprint density at radius 2 is 0.940 bits per heavy atom. The molecule has 0 fully saturated rings. The Morgan fingerprint density at radius 1 is 0.520 bits per heavy atom. The molecule has 4 amide bonds. The average molecular weight is 695 g/mol. The van der Waals surface area contributed by atoms with E-state index < -0.39 is 0 Å². The van der Waals surface area contributed by atoms with Gasteiger partial charge in [0.15, 0.2) is 11.5 Å². The number of urea groups is 2. The summed E-state index contributed by atoms with van der Waals surface area (Å²) in [5.41, 5.74) is 3.76. The summed E-state index contributed by atoms with van der Waals surface area (Å²) >= 11 is 0. The summed E-state index contributed by atoms with van der Waals surface area (Å²) in [6.07, 6.45) is 0. The van der Waals surface area contributed by atoms with Crippen molar-refractivity contribution in [3.05, 3.63) is 95.1 Å². The van der Waals surface area contributed by atoms with Crippen LogP contribution in [0.2, 0.25) is 0 Å². The Labute approximate surface area is 294 Å². The quantitative estimate of drug-likeness (QED) is 0.274. The van der Waals surface area contributed by atoms with Crippen LogP contribution in [0.4, 0.5) is 9.59 Å². The minimum absolute atomic E-state index is 0.101. The second-order valence-corrected chi connectivity index (χ2v) is 11.4. The standard InChI is InChI=1S/C37H50N4O9/c1-29(33-5-3-2-4-6-33)41-37(43)40-27-31-9-7-30(8-10-31)26-38-36(42)39-28-32-11-12-34-35(25-32)50-24-22-48-20-18-46-16-14-44-13-15-45-17-19-47-21-23-49-34/h2-12,25,29H,13-24,26-28H2,1H3,(H2,38,39,42)(H2,40,41,43)/t29-/m0/s1. The van der Waals surface area contributed by atoms with Crippen molar-refractivity contribution in [2.24, 2.45) is 0 Å². The van der Waals surface area contributed by atoms with E-state index in [1.165, 1.54) is 0 Å². The summed E-state index contributed by atoms with van der Waals surface area (Å²) in [5, 5.41) is 11.6. The van der Waals surface area contributed by atoms with Crippen LogP contribution in [-0.4, -0.2) is 91.3 Å². The van der Waals surface area contributed by atoms with Gasteiger partial charge in [-0.2, -0.15) is 0 Å². The summed E-state index contributed by atoms with van der Waals surface area (Å²) in [7, 11) is 0. The molecule has 0 unspecified atom stereocenters. The topological polar surface area (TPSA) is 147 Å². The van der Waals surface area contributed by atoms with Crippen molar-refractivity contribution in [3.63, 3.8) is 0 Å². The highest BCUT2D eigenvalue weighted by atomic mass is 16.6. The highest BCUT2D eigenvalue weighted by Crippen LogP contribution is 2.28. The van der Waals surface area contributed by atoms with Gasteiger partial charge in [0.1, 0.15) is 13.2 Å². The van der Waals surface area contributed by atoms with E-state index in [2.05, 4.69) is 21.3 Å². The number of carbonyl (C=O) groups excluding carboxylic acids is 2. The third-order valence-corrected chi connectivity index (χ3v) is 7.50. The third kappa shape index (κ3) is 15.4. The highest BCUT2D eigenvalue weighted by molar-refractivity contribution is 5.74. The molecule has 1 heterocycles. The predicted molar refractivity (Wildman–Crippen MR) is 187 cm³/mol. The SMILES string of the molecule is C[C@H](NC(=O)NCc1ccc(CNC(=O)NCc2ccc3c(c2)OCCOCCOCCOCCOCCOCCO3)cc1)c1ccccc1. The predicted octanol–water partition coefficient (Wildman–Crippen LogP) is 4.10. The fourth-order valence-corrected chi connectivity index (χ4v) is 4.75. The maximum absolute atomic E-state index is 12.6. The van der Waals surface area contributed by atoms with Crippen LogP contribution in [0.3, 0.4) is 0 Å². The molecule has 272 valence electrons. The minimum Gasteiger partial charge on any atom is -0.487 e. The van der Waals surface area contributed by atoms with Crippen molar-refractivity contribution in [1.29, 1.82) is 0 Å². The molecule has 1 atom stereocenters. The van der Waals surface area contributed by atoms with Gasteiger partial charge >= 0.3 is 12.1 Å². The average Bonchev–Trinajstić information content (AvgIpc) is 3.14. The Kier molecular flexibility index (Phi) is 17.7. The number of rotatable bonds is 8. The second kappa shape index (κ2) is 23.1. The molecule has 0 aliphatic carbocycles. The zero-order valence-corrected chi connectivity index (χ0v) is 28.8. The van der Waals surface area contributed by atoms with E-state index in [9.17, 15) is 9.59 Å². The van der Waals surface area contributed by atoms with Gasteiger partial charge in [0.05, 0.1) is 72.1 Å². The first-order valence-corrected chi connectivity index (χ1v) is 17.0. The zero-order chi connectivity index (χ0) is 35.1. The molecular weight excluding hydrogens is 644 g/mol. The van der Waals surface area contributed by atoms with Gasteiger partial charge in [0, 0.05) is 19.6 Å². The number of amides is 4. The number of benzene rings is 3. The van der Waals surface area contributed by atoms with Gasteiger partial charge in [0.2, 0.25) is 0 Å². The van der Waals surface area contributed by atoms with Crippen LogP contribution in [0.15, 0.2) is 72.8 Å². The van der Waals surface area contributed by atoms with E-state index in [1.54, 1.807) is 0 Å². The summed E-state index contributed by atoms with van der Waals surface area (Å²) in [4.78, 5) is 24.9. The molecule has 1 aliphatic rings. The largest absolute Gasteiger partial charge is 0.487 e. The lowest BCUT2D eigenvalue weighted by atomic mass is 10.1. The lowest BCUT2D eigenvalue weighted by Crippen LogP contribution is -2.36. The molecule has 0 radical (unpaired) electrons. The summed E-state index contributed by atoms with van der Waals surface area (Å²) in [6, 6.07) is 22.4. The van der Waals surface area contributed by atoms with Crippen molar-refractivity contribution in [3.8, 4) is 11.5 Å². The van der Waals surface area contributed by atoms with Gasteiger partial charge in [-0.1, -0.05) is 60.7 Å². The van der Waals surface area contributed by atoms with Crippen molar-refractivity contribution in [2.45, 2.75) is 32.6 Å². The Bertz CT molecular complexity index is 1400. The number of hydrogen-bond acceptors (Lipinski definition) is 9. The first-order chi connectivity index (χ1) is 24.6. The Morgan fingerprint density at radius 3 is 1.46 bits per heavy atom. The number of nitrogens with one attached hydrogen (secondary N) is 4. The summed E-state index contributed by atoms with van der Waals surface area (Å²) in [6.45, 7) is 8.25. The van der Waals surface area contributed by atoms with Gasteiger partial charge < -0.3 is 54.4 Å². The Hall–Kier alpha value is -4.40. The van der Waals surface area contributed by atoms with Crippen molar-refractivity contribution < 1.29 is 42.7 Å². The second-order valence-electron chi connectivity index (χ2n) is 11.4. The van der Waals surface area contributed by atoms with Gasteiger partial charge in [-0.25, -0.2) is 9.59 Å². The van der Waals surface area contributed by atoms with E-state index in [4.69, 9.17) is 33.2 Å². The van der Waals surface area contributed by atoms with Crippen LogP contribution < -0.4 is 30.7 Å². The van der Waals surface area contributed by atoms with E-state index in [0.717, 1.165) is 22.3 Å². The monoisotopic (exact) mass is 694 g/mol. The number of ether oxygens (including phenoxy) is 7. The number of carbonyl (C=O) groups is 2. The van der Waals surface area contributed by atoms with Crippen molar-refractivity contribution in [2.75, 3.05) is 79.3 Å². The minimum atomic E-state index is -0.304. The maximum Gasteiger partial charge on any atom is 0.315 e. The first-order valence-electron chi connectivity index (χ1n) is 17.0. The lowest BCUT2D eigenvalue weighted by molar-refractivity contribution is -0.0134. The van der Waals surface area contributed by atoms with Crippen LogP contribution >= 0.6 is 0 Å². The highest BCUT2D eigenvalue weighted by Gasteiger charge is 2.11. The maximum atomic E-state index is 12.6. The van der Waals surface area contributed by atoms with Gasteiger partial charge in [0.25, 0.3) is 0 Å². The van der Waals surface area contributed by atoms with Crippen LogP contribution in [0.5, 0.6) is 11.5 Å². The molecule has 0 saturated carbocycles. The molecule has 0 aromatic heterocycles. The number of hydrogen-bond donors (Lipinski definition) is 4. The zero-order valence-electron chi connectivity index (χ0n) is 28.8. The molecule has 0 bridgehead atoms. The van der Waals surface area contributed by atoms with Crippen molar-refractivity contribution in [1.82, 2.24) is 21.3 Å². The molecule has 4 rings (SSSR count). The lowest BCUT2D eigenvalue weighted by Gasteiger charge is -2.15. The molecule has 3 aromatic carbocycles. The van der Waals surface area contributed by atoms with Gasteiger partial charge in [-0.3, -0.25) is 0 Å². The third-order valence-electron chi connectivity index (χ3n) is 7.50. The van der Waals surface area contributed by atoms with Crippen LogP contribution in [0.1, 0.15) is 35.2 Å². The van der Waals surface area contributed by atoms with Crippen molar-refractivity contribution >= 4 is 12.1 Å². The first kappa shape index (κ1) is 38.4. The molecule has 3 aromatic rings. The van der Waals surface area contributed by atoms with Crippen LogP contribution in [0.25, 0.3) is 0 Å². The van der Waals surface area contributed by atoms with Gasteiger partial charge in [-0.15, -0.1) is 0 Å². The van der Waals surface area contributed by atoms with Crippen LogP contribution in [-0.2, 0) is 43.3 Å². The molecule has 50 heavy (non-hydrogen) atoms. The molecule has 0 saturated heterocycles. The van der Waals surface area contributed by atoms with E-state index >= 15 is 0 Å². The molecule has 13 nitrogen and oxygen atoms in total. The summed E-state index contributed by atoms with van der Waals surface area (Å²) < 4.78 is 39.6. The van der Waals surface area contributed by atoms with Crippen LogP contribution in [0, 0.1) is 0 Å². The summed E-state index contributed by atoms with van der Waals surface area (Å²) in [5.74, 6) is 1.12. The fourth-order valence-electron chi connectivity index (χ4n) is 4.75. The molecule has 4 N–H and O–H groups in total. The smallest absolute Gasteiger partial charge is 0.315 e. The molecule has 1 aliphatic heterocycles. The van der Waals surface area contributed by atoms with E-state index in [0.29, 0.717) is 110 Å². The van der Waals surface area contributed by atoms with E-state index in [-0.39, 0.29) is 18.1 Å².